The van der Waals surface area contributed by atoms with Gasteiger partial charge in [-0.25, -0.2) is 0 Å². The van der Waals surface area contributed by atoms with E-state index in [2.05, 4.69) is 70.1 Å². The van der Waals surface area contributed by atoms with Gasteiger partial charge in [-0.15, -0.1) is 0 Å². The maximum atomic E-state index is 11.5. The Labute approximate surface area is 161 Å². The lowest BCUT2D eigenvalue weighted by atomic mass is 10.1. The first-order valence-electron chi connectivity index (χ1n) is 8.91. The number of aldehydes is 1. The fourth-order valence-electron chi connectivity index (χ4n) is 2.78. The lowest BCUT2D eigenvalue weighted by Crippen LogP contribution is -2.40. The predicted molar refractivity (Wildman–Crippen MR) is 112 cm³/mol. The highest BCUT2D eigenvalue weighted by molar-refractivity contribution is 8.00. The summed E-state index contributed by atoms with van der Waals surface area (Å²) in [6, 6.07) is 12.3. The molecule has 138 valence electrons. The highest BCUT2D eigenvalue weighted by Crippen LogP contribution is 2.50. The van der Waals surface area contributed by atoms with Crippen molar-refractivity contribution in [3.05, 3.63) is 47.5 Å². The van der Waals surface area contributed by atoms with Gasteiger partial charge in [0, 0.05) is 22.4 Å². The van der Waals surface area contributed by atoms with Gasteiger partial charge in [-0.1, -0.05) is 56.8 Å². The normalized spacial score (nSPS) is 14.0. The van der Waals surface area contributed by atoms with E-state index >= 15 is 0 Å². The van der Waals surface area contributed by atoms with E-state index in [1.165, 1.54) is 16.1 Å². The number of hydrogen-bond donors (Lipinski definition) is 0. The molecule has 0 N–H and O–H groups in total. The molecule has 0 amide bonds. The summed E-state index contributed by atoms with van der Waals surface area (Å²) in [6.45, 7) is 11.9. The first-order valence-corrected chi connectivity index (χ1v) is 12.6. The molecule has 0 aromatic heterocycles. The Kier molecular flexibility index (Phi) is 5.08. The molecule has 1 aliphatic rings. The van der Waals surface area contributed by atoms with Crippen molar-refractivity contribution < 1.29 is 9.22 Å². The largest absolute Gasteiger partial charge is 0.413 e. The second kappa shape index (κ2) is 6.87. The van der Waals surface area contributed by atoms with Crippen molar-refractivity contribution in [2.45, 2.75) is 55.3 Å². The van der Waals surface area contributed by atoms with Gasteiger partial charge in [0.25, 0.3) is 0 Å². The lowest BCUT2D eigenvalue weighted by molar-refractivity contribution is 0.112. The second-order valence-electron chi connectivity index (χ2n) is 8.29. The van der Waals surface area contributed by atoms with E-state index in [0.29, 0.717) is 6.61 Å². The van der Waals surface area contributed by atoms with Crippen LogP contribution in [0.2, 0.25) is 18.1 Å². The van der Waals surface area contributed by atoms with E-state index in [9.17, 15) is 4.79 Å². The molecule has 0 saturated heterocycles. The average molecular weight is 386 g/mol. The van der Waals surface area contributed by atoms with Crippen molar-refractivity contribution in [3.8, 4) is 0 Å². The van der Waals surface area contributed by atoms with Crippen LogP contribution in [0.15, 0.2) is 46.2 Å². The van der Waals surface area contributed by atoms with E-state index in [0.717, 1.165) is 22.4 Å². The van der Waals surface area contributed by atoms with Gasteiger partial charge < -0.3 is 9.33 Å². The molecule has 3 nitrogen and oxygen atoms in total. The Morgan fingerprint density at radius 2 is 1.69 bits per heavy atom. The van der Waals surface area contributed by atoms with Gasteiger partial charge >= 0.3 is 0 Å². The standard InChI is InChI=1S/C21H27NO2SSi/c1-21(2,3)26(5,6)24-14-16-10-8-12-18-20(16)25-19-15(13-23)9-7-11-17(19)22(18)4/h7-13H,14H2,1-6H3. The van der Waals surface area contributed by atoms with Crippen molar-refractivity contribution in [1.82, 2.24) is 0 Å². The van der Waals surface area contributed by atoms with Crippen LogP contribution in [0.5, 0.6) is 0 Å². The molecule has 0 aliphatic carbocycles. The molecule has 0 unspecified atom stereocenters. The monoisotopic (exact) mass is 385 g/mol. The fraction of sp³-hybridized carbons (Fsp3) is 0.381. The van der Waals surface area contributed by atoms with Gasteiger partial charge in [0.05, 0.1) is 18.0 Å². The van der Waals surface area contributed by atoms with Crippen LogP contribution in [0.1, 0.15) is 36.7 Å². The van der Waals surface area contributed by atoms with Gasteiger partial charge in [0.15, 0.2) is 14.6 Å². The minimum Gasteiger partial charge on any atom is -0.413 e. The van der Waals surface area contributed by atoms with E-state index < -0.39 is 8.32 Å². The topological polar surface area (TPSA) is 29.5 Å². The quantitative estimate of drug-likeness (QED) is 0.459. The summed E-state index contributed by atoms with van der Waals surface area (Å²) in [5.74, 6) is 0. The van der Waals surface area contributed by atoms with Crippen LogP contribution >= 0.6 is 11.8 Å². The number of rotatable bonds is 4. The van der Waals surface area contributed by atoms with Crippen molar-refractivity contribution in [2.24, 2.45) is 0 Å². The lowest BCUT2D eigenvalue weighted by Gasteiger charge is -2.37. The molecular weight excluding hydrogens is 358 g/mol. The highest BCUT2D eigenvalue weighted by atomic mass is 32.2. The molecule has 0 atom stereocenters. The Morgan fingerprint density at radius 1 is 1.08 bits per heavy atom. The van der Waals surface area contributed by atoms with Gasteiger partial charge in [0.2, 0.25) is 0 Å². The molecule has 26 heavy (non-hydrogen) atoms. The minimum atomic E-state index is -1.82. The smallest absolute Gasteiger partial charge is 0.192 e. The maximum absolute atomic E-state index is 11.5. The van der Waals surface area contributed by atoms with E-state index in [1.54, 1.807) is 11.8 Å². The third kappa shape index (κ3) is 3.35. The van der Waals surface area contributed by atoms with Gasteiger partial charge in [-0.05, 0) is 35.8 Å². The van der Waals surface area contributed by atoms with Crippen LogP contribution in [0.25, 0.3) is 0 Å². The molecular formula is C21H27NO2SSi. The molecule has 0 radical (unpaired) electrons. The van der Waals surface area contributed by atoms with Crippen molar-refractivity contribution >= 4 is 37.7 Å². The second-order valence-corrected chi connectivity index (χ2v) is 14.1. The Bertz CT molecular complexity index is 842. The molecule has 0 fully saturated rings. The van der Waals surface area contributed by atoms with E-state index in [-0.39, 0.29) is 5.04 Å². The third-order valence-corrected chi connectivity index (χ3v) is 11.4. The molecule has 0 saturated carbocycles. The van der Waals surface area contributed by atoms with Crippen LogP contribution < -0.4 is 4.90 Å². The third-order valence-electron chi connectivity index (χ3n) is 5.55. The number of benzene rings is 2. The molecule has 0 bridgehead atoms. The Balaban J connectivity index is 1.97. The fourth-order valence-corrected chi connectivity index (χ4v) is 5.05. The molecule has 2 aromatic carbocycles. The van der Waals surface area contributed by atoms with Gasteiger partial charge in [-0.3, -0.25) is 4.79 Å². The minimum absolute atomic E-state index is 0.184. The SMILES string of the molecule is CN1c2cccc(C=O)c2Sc2c(CO[Si](C)(C)C(C)(C)C)cccc21. The summed E-state index contributed by atoms with van der Waals surface area (Å²) >= 11 is 1.68. The number of hydrogen-bond acceptors (Lipinski definition) is 4. The average Bonchev–Trinajstić information content (AvgIpc) is 2.59. The zero-order valence-electron chi connectivity index (χ0n) is 16.4. The van der Waals surface area contributed by atoms with Gasteiger partial charge in [0.1, 0.15) is 0 Å². The van der Waals surface area contributed by atoms with Crippen LogP contribution in [-0.4, -0.2) is 21.7 Å². The highest BCUT2D eigenvalue weighted by Gasteiger charge is 2.37. The summed E-state index contributed by atoms with van der Waals surface area (Å²) in [5, 5.41) is 0.184. The van der Waals surface area contributed by atoms with Gasteiger partial charge in [-0.2, -0.15) is 0 Å². The van der Waals surface area contributed by atoms with Crippen LogP contribution in [0.4, 0.5) is 11.4 Å². The summed E-state index contributed by atoms with van der Waals surface area (Å²) < 4.78 is 6.46. The molecule has 3 rings (SSSR count). The number of carbonyl (C=O) groups is 1. The number of anilines is 2. The molecule has 1 heterocycles. The van der Waals surface area contributed by atoms with Crippen molar-refractivity contribution in [1.29, 1.82) is 0 Å². The van der Waals surface area contributed by atoms with Crippen molar-refractivity contribution in [3.63, 3.8) is 0 Å². The first kappa shape index (κ1) is 19.2. The zero-order chi connectivity index (χ0) is 19.1. The van der Waals surface area contributed by atoms with Crippen LogP contribution in [0.3, 0.4) is 0 Å². The molecule has 2 aromatic rings. The zero-order valence-corrected chi connectivity index (χ0v) is 18.2. The molecule has 1 aliphatic heterocycles. The Hall–Kier alpha value is -1.56. The van der Waals surface area contributed by atoms with Crippen LogP contribution in [0, 0.1) is 0 Å². The summed E-state index contributed by atoms with van der Waals surface area (Å²) in [6.07, 6.45) is 0.944. The number of fused-ring (bicyclic) bond motifs is 2. The number of carbonyl (C=O) groups excluding carboxylic acids is 1. The summed E-state index contributed by atoms with van der Waals surface area (Å²) in [5.41, 5.74) is 4.18. The first-order chi connectivity index (χ1) is 12.2. The van der Waals surface area contributed by atoms with E-state index in [4.69, 9.17) is 4.43 Å². The number of nitrogens with zero attached hydrogens (tertiary/aromatic N) is 1. The Morgan fingerprint density at radius 3 is 2.31 bits per heavy atom. The van der Waals surface area contributed by atoms with E-state index in [1.807, 2.05) is 12.1 Å². The molecule has 0 spiro atoms. The summed E-state index contributed by atoms with van der Waals surface area (Å²) in [4.78, 5) is 15.9. The van der Waals surface area contributed by atoms with Crippen LogP contribution in [-0.2, 0) is 11.0 Å². The van der Waals surface area contributed by atoms with Crippen molar-refractivity contribution in [2.75, 3.05) is 11.9 Å². The molecule has 5 heteroatoms. The predicted octanol–water partition coefficient (Wildman–Crippen LogP) is 6.25. The summed E-state index contributed by atoms with van der Waals surface area (Å²) in [7, 11) is 0.242. The maximum Gasteiger partial charge on any atom is 0.192 e.